The van der Waals surface area contributed by atoms with E-state index in [1.54, 1.807) is 0 Å². The third kappa shape index (κ3) is 2.55. The number of benzene rings is 1. The molecule has 100 valence electrons. The molecule has 1 aromatic carbocycles. The van der Waals surface area contributed by atoms with Gasteiger partial charge >= 0.3 is 0 Å². The Bertz CT molecular complexity index is 582. The molecule has 0 bridgehead atoms. The number of alkyl halides is 1. The van der Waals surface area contributed by atoms with Crippen LogP contribution in [-0.2, 0) is 0 Å². The minimum Gasteiger partial charge on any atom is -0.381 e. The molecular formula is C16H19ClN2. The maximum atomic E-state index is 6.07. The quantitative estimate of drug-likeness (QED) is 0.841. The summed E-state index contributed by atoms with van der Waals surface area (Å²) in [5, 5.41) is 4.90. The Hall–Kier alpha value is -1.28. The first kappa shape index (κ1) is 12.7. The van der Waals surface area contributed by atoms with Gasteiger partial charge in [-0.3, -0.25) is 4.98 Å². The van der Waals surface area contributed by atoms with Crippen LogP contribution in [0.25, 0.3) is 10.9 Å². The molecule has 2 atom stereocenters. The van der Waals surface area contributed by atoms with Crippen molar-refractivity contribution in [2.24, 2.45) is 5.92 Å². The zero-order chi connectivity index (χ0) is 13.2. The molecular weight excluding hydrogens is 256 g/mol. The van der Waals surface area contributed by atoms with E-state index in [9.17, 15) is 0 Å². The van der Waals surface area contributed by atoms with Crippen LogP contribution >= 0.6 is 11.6 Å². The summed E-state index contributed by atoms with van der Waals surface area (Å²) in [5.74, 6) is 1.34. The molecule has 0 saturated heterocycles. The highest BCUT2D eigenvalue weighted by molar-refractivity contribution is 6.18. The topological polar surface area (TPSA) is 24.9 Å². The van der Waals surface area contributed by atoms with E-state index in [4.69, 9.17) is 11.6 Å². The molecule has 0 spiro atoms. The molecule has 0 amide bonds. The van der Waals surface area contributed by atoms with Crippen LogP contribution in [0.1, 0.15) is 25.0 Å². The highest BCUT2D eigenvalue weighted by Gasteiger charge is 2.26. The van der Waals surface area contributed by atoms with Crippen molar-refractivity contribution in [1.82, 2.24) is 4.98 Å². The van der Waals surface area contributed by atoms with Crippen molar-refractivity contribution in [3.8, 4) is 0 Å². The fourth-order valence-electron chi connectivity index (χ4n) is 3.04. The number of aryl methyl sites for hydroxylation is 1. The van der Waals surface area contributed by atoms with E-state index in [1.165, 1.54) is 30.3 Å². The number of halogens is 1. The molecule has 1 fully saturated rings. The minimum absolute atomic E-state index is 0.503. The van der Waals surface area contributed by atoms with Crippen molar-refractivity contribution in [2.45, 2.75) is 32.2 Å². The molecule has 2 unspecified atom stereocenters. The lowest BCUT2D eigenvalue weighted by molar-refractivity contribution is 0.563. The normalized spacial score (nSPS) is 22.8. The summed E-state index contributed by atoms with van der Waals surface area (Å²) < 4.78 is 0. The summed E-state index contributed by atoms with van der Waals surface area (Å²) in [6, 6.07) is 11.0. The molecule has 1 N–H and O–H groups in total. The van der Waals surface area contributed by atoms with Gasteiger partial charge in [0.2, 0.25) is 0 Å². The third-order valence-electron chi connectivity index (χ3n) is 4.04. The lowest BCUT2D eigenvalue weighted by Gasteiger charge is -2.21. The van der Waals surface area contributed by atoms with Crippen molar-refractivity contribution in [3.05, 3.63) is 36.0 Å². The molecule has 0 aliphatic heterocycles. The third-order valence-corrected chi connectivity index (χ3v) is 4.44. The van der Waals surface area contributed by atoms with Gasteiger partial charge in [0.25, 0.3) is 0 Å². The van der Waals surface area contributed by atoms with Gasteiger partial charge < -0.3 is 5.32 Å². The molecule has 1 saturated carbocycles. The first-order valence-corrected chi connectivity index (χ1v) is 7.50. The van der Waals surface area contributed by atoms with E-state index < -0.39 is 0 Å². The highest BCUT2D eigenvalue weighted by Crippen LogP contribution is 2.32. The van der Waals surface area contributed by atoms with Crippen molar-refractivity contribution >= 4 is 28.2 Å². The number of nitrogens with zero attached hydrogens (tertiary/aromatic N) is 1. The number of fused-ring (bicyclic) bond motifs is 1. The number of aromatic nitrogens is 1. The van der Waals surface area contributed by atoms with Gasteiger partial charge in [-0.2, -0.15) is 0 Å². The molecule has 1 aliphatic rings. The zero-order valence-electron chi connectivity index (χ0n) is 11.2. The van der Waals surface area contributed by atoms with Crippen LogP contribution in [0.5, 0.6) is 0 Å². The summed E-state index contributed by atoms with van der Waals surface area (Å²) >= 11 is 6.07. The van der Waals surface area contributed by atoms with E-state index in [-0.39, 0.29) is 0 Å². The average molecular weight is 275 g/mol. The van der Waals surface area contributed by atoms with Gasteiger partial charge in [0.1, 0.15) is 0 Å². The number of pyridine rings is 1. The Morgan fingerprint density at radius 3 is 3.00 bits per heavy atom. The number of hydrogen-bond donors (Lipinski definition) is 1. The monoisotopic (exact) mass is 274 g/mol. The van der Waals surface area contributed by atoms with Crippen molar-refractivity contribution < 1.29 is 0 Å². The van der Waals surface area contributed by atoms with Gasteiger partial charge in [0.05, 0.1) is 5.52 Å². The van der Waals surface area contributed by atoms with Gasteiger partial charge in [0.15, 0.2) is 0 Å². The van der Waals surface area contributed by atoms with Crippen LogP contribution in [0.15, 0.2) is 30.3 Å². The van der Waals surface area contributed by atoms with Crippen LogP contribution in [0.3, 0.4) is 0 Å². The lowest BCUT2D eigenvalue weighted by Crippen LogP contribution is -2.25. The van der Waals surface area contributed by atoms with E-state index >= 15 is 0 Å². The van der Waals surface area contributed by atoms with E-state index in [2.05, 4.69) is 34.6 Å². The van der Waals surface area contributed by atoms with Gasteiger partial charge in [-0.15, -0.1) is 11.6 Å². The second kappa shape index (κ2) is 5.38. The fourth-order valence-corrected chi connectivity index (χ4v) is 3.41. The van der Waals surface area contributed by atoms with Crippen LogP contribution in [-0.4, -0.2) is 16.9 Å². The van der Waals surface area contributed by atoms with Crippen LogP contribution in [0.4, 0.5) is 5.69 Å². The molecule has 0 radical (unpaired) electrons. The SMILES string of the molecule is Cc1cc(NC2CCCC2CCl)c2ccccc2n1. The van der Waals surface area contributed by atoms with Gasteiger partial charge in [0, 0.05) is 28.7 Å². The average Bonchev–Trinajstić information content (AvgIpc) is 2.86. The number of nitrogens with one attached hydrogen (secondary N) is 1. The van der Waals surface area contributed by atoms with Crippen molar-refractivity contribution in [3.63, 3.8) is 0 Å². The van der Waals surface area contributed by atoms with Crippen LogP contribution in [0.2, 0.25) is 0 Å². The number of para-hydroxylation sites is 1. The van der Waals surface area contributed by atoms with Gasteiger partial charge in [-0.25, -0.2) is 0 Å². The summed E-state index contributed by atoms with van der Waals surface area (Å²) in [7, 11) is 0. The fraction of sp³-hybridized carbons (Fsp3) is 0.438. The highest BCUT2D eigenvalue weighted by atomic mass is 35.5. The largest absolute Gasteiger partial charge is 0.381 e. The number of rotatable bonds is 3. The molecule has 2 nitrogen and oxygen atoms in total. The lowest BCUT2D eigenvalue weighted by atomic mass is 10.0. The Balaban J connectivity index is 1.96. The Morgan fingerprint density at radius 1 is 1.32 bits per heavy atom. The van der Waals surface area contributed by atoms with E-state index in [0.29, 0.717) is 12.0 Å². The molecule has 1 aliphatic carbocycles. The molecule has 19 heavy (non-hydrogen) atoms. The Kier molecular flexibility index (Phi) is 3.61. The number of anilines is 1. The van der Waals surface area contributed by atoms with Gasteiger partial charge in [-0.1, -0.05) is 24.6 Å². The van der Waals surface area contributed by atoms with Crippen molar-refractivity contribution in [1.29, 1.82) is 0 Å². The Labute approximate surface area is 119 Å². The van der Waals surface area contributed by atoms with Crippen molar-refractivity contribution in [2.75, 3.05) is 11.2 Å². The predicted octanol–water partition coefficient (Wildman–Crippen LogP) is 4.36. The number of hydrogen-bond acceptors (Lipinski definition) is 2. The molecule has 1 heterocycles. The minimum atomic E-state index is 0.503. The standard InChI is InChI=1S/C16H19ClN2/c1-11-9-16(13-6-2-3-7-15(13)18-11)19-14-8-4-5-12(14)10-17/h2-3,6-7,9,12,14H,4-5,8,10H2,1H3,(H,18,19). The smallest absolute Gasteiger partial charge is 0.0725 e. The summed E-state index contributed by atoms with van der Waals surface area (Å²) in [6.45, 7) is 2.05. The van der Waals surface area contributed by atoms with Crippen LogP contribution < -0.4 is 5.32 Å². The van der Waals surface area contributed by atoms with E-state index in [1.807, 2.05) is 13.0 Å². The molecule has 3 heteroatoms. The summed E-state index contributed by atoms with van der Waals surface area (Å²) in [5.41, 5.74) is 3.32. The molecule has 2 aromatic rings. The second-order valence-electron chi connectivity index (χ2n) is 5.42. The summed E-state index contributed by atoms with van der Waals surface area (Å²) in [4.78, 5) is 4.58. The Morgan fingerprint density at radius 2 is 2.16 bits per heavy atom. The van der Waals surface area contributed by atoms with Crippen LogP contribution in [0, 0.1) is 12.8 Å². The zero-order valence-corrected chi connectivity index (χ0v) is 12.0. The molecule has 1 aromatic heterocycles. The first-order valence-electron chi connectivity index (χ1n) is 6.97. The second-order valence-corrected chi connectivity index (χ2v) is 5.73. The first-order chi connectivity index (χ1) is 9.28. The molecule has 3 rings (SSSR count). The van der Waals surface area contributed by atoms with Gasteiger partial charge in [-0.05, 0) is 37.8 Å². The maximum absolute atomic E-state index is 6.07. The predicted molar refractivity (Wildman–Crippen MR) is 82.0 cm³/mol. The maximum Gasteiger partial charge on any atom is 0.0725 e. The van der Waals surface area contributed by atoms with E-state index in [0.717, 1.165) is 17.1 Å². The summed E-state index contributed by atoms with van der Waals surface area (Å²) in [6.07, 6.45) is 3.73.